The van der Waals surface area contributed by atoms with Crippen molar-refractivity contribution in [2.45, 2.75) is 52.2 Å². The highest BCUT2D eigenvalue weighted by Gasteiger charge is 2.46. The first-order valence-electron chi connectivity index (χ1n) is 4.36. The van der Waals surface area contributed by atoms with Crippen molar-refractivity contribution < 1.29 is 4.74 Å². The number of allylic oxidation sites excluding steroid dienone is 2. The molecule has 1 aliphatic rings. The van der Waals surface area contributed by atoms with E-state index in [1.54, 1.807) is 0 Å². The van der Waals surface area contributed by atoms with Crippen LogP contribution in [0.15, 0.2) is 11.6 Å². The molecule has 0 aromatic carbocycles. The second-order valence-corrected chi connectivity index (χ2v) is 3.88. The molecule has 1 saturated heterocycles. The monoisotopic (exact) mass is 154 g/mol. The highest BCUT2D eigenvalue weighted by atomic mass is 16.6. The average molecular weight is 154 g/mol. The van der Waals surface area contributed by atoms with Gasteiger partial charge in [0.1, 0.15) is 0 Å². The van der Waals surface area contributed by atoms with E-state index in [4.69, 9.17) is 4.74 Å². The number of hydrogen-bond acceptors (Lipinski definition) is 1. The second kappa shape index (κ2) is 2.98. The molecule has 64 valence electrons. The molecule has 0 radical (unpaired) electrons. The molecular weight excluding hydrogens is 136 g/mol. The molecule has 1 rings (SSSR count). The Morgan fingerprint density at radius 2 is 2.09 bits per heavy atom. The van der Waals surface area contributed by atoms with Crippen LogP contribution in [0.2, 0.25) is 0 Å². The van der Waals surface area contributed by atoms with Gasteiger partial charge in [0, 0.05) is 0 Å². The summed E-state index contributed by atoms with van der Waals surface area (Å²) in [5, 5.41) is 0. The molecule has 11 heavy (non-hydrogen) atoms. The summed E-state index contributed by atoms with van der Waals surface area (Å²) < 4.78 is 5.47. The molecule has 1 heteroatoms. The minimum absolute atomic E-state index is 0.175. The molecule has 0 bridgehead atoms. The number of epoxide rings is 1. The van der Waals surface area contributed by atoms with Crippen molar-refractivity contribution >= 4 is 0 Å². The van der Waals surface area contributed by atoms with Crippen LogP contribution in [0, 0.1) is 0 Å². The quantitative estimate of drug-likeness (QED) is 0.450. The predicted octanol–water partition coefficient (Wildman–Crippen LogP) is 2.91. The van der Waals surface area contributed by atoms with E-state index in [9.17, 15) is 0 Å². The summed E-state index contributed by atoms with van der Waals surface area (Å²) in [4.78, 5) is 0. The molecular formula is C10H18O. The average Bonchev–Trinajstić information content (AvgIpc) is 2.54. The summed E-state index contributed by atoms with van der Waals surface area (Å²) in [6.45, 7) is 8.58. The van der Waals surface area contributed by atoms with E-state index in [1.165, 1.54) is 18.4 Å². The van der Waals surface area contributed by atoms with Gasteiger partial charge >= 0.3 is 0 Å². The Labute approximate surface area is 69.4 Å². The number of hydrogen-bond donors (Lipinski definition) is 0. The van der Waals surface area contributed by atoms with Crippen molar-refractivity contribution in [3.8, 4) is 0 Å². The summed E-state index contributed by atoms with van der Waals surface area (Å²) in [7, 11) is 0. The lowest BCUT2D eigenvalue weighted by Crippen LogP contribution is -2.02. The summed E-state index contributed by atoms with van der Waals surface area (Å²) in [6.07, 6.45) is 5.06. The standard InChI is InChI=1S/C10H18O/c1-5-8(2)6-7-9-10(3,4)11-9/h5,9H,6-7H2,1-4H3/b8-5+. The Kier molecular flexibility index (Phi) is 2.38. The molecule has 1 nitrogen and oxygen atoms in total. The lowest BCUT2D eigenvalue weighted by molar-refractivity contribution is 0.320. The lowest BCUT2D eigenvalue weighted by atomic mass is 10.0. The molecule has 1 atom stereocenters. The van der Waals surface area contributed by atoms with Crippen molar-refractivity contribution in [2.75, 3.05) is 0 Å². The van der Waals surface area contributed by atoms with Gasteiger partial charge in [0.15, 0.2) is 0 Å². The largest absolute Gasteiger partial charge is 0.367 e. The molecule has 1 aliphatic heterocycles. The Hall–Kier alpha value is -0.300. The Bertz CT molecular complexity index is 168. The third-order valence-electron chi connectivity index (χ3n) is 2.46. The summed E-state index contributed by atoms with van der Waals surface area (Å²) >= 11 is 0. The van der Waals surface area contributed by atoms with Crippen molar-refractivity contribution in [1.29, 1.82) is 0 Å². The van der Waals surface area contributed by atoms with E-state index in [0.717, 1.165) is 0 Å². The van der Waals surface area contributed by atoms with Crippen LogP contribution in [0.25, 0.3) is 0 Å². The zero-order chi connectivity index (χ0) is 8.48. The topological polar surface area (TPSA) is 12.5 Å². The third kappa shape index (κ3) is 2.33. The zero-order valence-corrected chi connectivity index (χ0v) is 7.98. The molecule has 0 saturated carbocycles. The van der Waals surface area contributed by atoms with Gasteiger partial charge in [-0.1, -0.05) is 11.6 Å². The molecule has 1 heterocycles. The first kappa shape index (κ1) is 8.79. The molecule has 0 spiro atoms. The number of ether oxygens (including phenoxy) is 1. The highest BCUT2D eigenvalue weighted by molar-refractivity contribution is 5.01. The Morgan fingerprint density at radius 1 is 1.55 bits per heavy atom. The van der Waals surface area contributed by atoms with Crippen LogP contribution in [0.3, 0.4) is 0 Å². The molecule has 0 aromatic rings. The van der Waals surface area contributed by atoms with E-state index in [1.807, 2.05) is 0 Å². The zero-order valence-electron chi connectivity index (χ0n) is 7.98. The summed E-state index contributed by atoms with van der Waals surface area (Å²) in [5.74, 6) is 0. The van der Waals surface area contributed by atoms with Gasteiger partial charge in [-0.2, -0.15) is 0 Å². The molecule has 0 amide bonds. The molecule has 1 unspecified atom stereocenters. The lowest BCUT2D eigenvalue weighted by Gasteiger charge is -1.97. The SMILES string of the molecule is C/C=C(\C)CCC1OC1(C)C. The molecule has 0 aromatic heterocycles. The van der Waals surface area contributed by atoms with Gasteiger partial charge in [0.25, 0.3) is 0 Å². The second-order valence-electron chi connectivity index (χ2n) is 3.88. The van der Waals surface area contributed by atoms with Crippen LogP contribution in [0.5, 0.6) is 0 Å². The van der Waals surface area contributed by atoms with E-state index < -0.39 is 0 Å². The fraction of sp³-hybridized carbons (Fsp3) is 0.800. The van der Waals surface area contributed by atoms with Gasteiger partial charge in [-0.15, -0.1) is 0 Å². The van der Waals surface area contributed by atoms with Gasteiger partial charge in [0.05, 0.1) is 11.7 Å². The smallest absolute Gasteiger partial charge is 0.0892 e. The van der Waals surface area contributed by atoms with Crippen molar-refractivity contribution in [2.24, 2.45) is 0 Å². The van der Waals surface area contributed by atoms with Gasteiger partial charge in [-0.25, -0.2) is 0 Å². The maximum atomic E-state index is 5.47. The Balaban J connectivity index is 2.16. The van der Waals surface area contributed by atoms with Crippen molar-refractivity contribution in [3.05, 3.63) is 11.6 Å². The van der Waals surface area contributed by atoms with Crippen molar-refractivity contribution in [3.63, 3.8) is 0 Å². The van der Waals surface area contributed by atoms with Gasteiger partial charge < -0.3 is 4.74 Å². The van der Waals surface area contributed by atoms with Gasteiger partial charge in [-0.05, 0) is 40.5 Å². The first-order valence-corrected chi connectivity index (χ1v) is 4.36. The van der Waals surface area contributed by atoms with Crippen LogP contribution >= 0.6 is 0 Å². The summed E-state index contributed by atoms with van der Waals surface area (Å²) in [5.41, 5.74) is 1.64. The van der Waals surface area contributed by atoms with E-state index in [0.29, 0.717) is 6.10 Å². The van der Waals surface area contributed by atoms with Crippen LogP contribution in [-0.2, 0) is 4.74 Å². The van der Waals surface area contributed by atoms with Crippen molar-refractivity contribution in [1.82, 2.24) is 0 Å². The highest BCUT2D eigenvalue weighted by Crippen LogP contribution is 2.38. The van der Waals surface area contributed by atoms with Gasteiger partial charge in [0.2, 0.25) is 0 Å². The maximum absolute atomic E-state index is 5.47. The van der Waals surface area contributed by atoms with Gasteiger partial charge in [-0.3, -0.25) is 0 Å². The van der Waals surface area contributed by atoms with E-state index in [2.05, 4.69) is 33.8 Å². The van der Waals surface area contributed by atoms with Crippen LogP contribution < -0.4 is 0 Å². The van der Waals surface area contributed by atoms with Crippen LogP contribution in [0.4, 0.5) is 0 Å². The first-order chi connectivity index (χ1) is 5.06. The minimum atomic E-state index is 0.175. The molecule has 0 aliphatic carbocycles. The summed E-state index contributed by atoms with van der Waals surface area (Å²) in [6, 6.07) is 0. The maximum Gasteiger partial charge on any atom is 0.0892 e. The third-order valence-corrected chi connectivity index (χ3v) is 2.46. The van der Waals surface area contributed by atoms with Crippen LogP contribution in [0.1, 0.15) is 40.5 Å². The van der Waals surface area contributed by atoms with E-state index in [-0.39, 0.29) is 5.60 Å². The Morgan fingerprint density at radius 3 is 2.45 bits per heavy atom. The predicted molar refractivity (Wildman–Crippen MR) is 47.6 cm³/mol. The van der Waals surface area contributed by atoms with Crippen LogP contribution in [-0.4, -0.2) is 11.7 Å². The fourth-order valence-electron chi connectivity index (χ4n) is 1.24. The normalized spacial score (nSPS) is 28.7. The number of rotatable bonds is 3. The minimum Gasteiger partial charge on any atom is -0.367 e. The molecule has 1 fully saturated rings. The molecule has 0 N–H and O–H groups in total. The van der Waals surface area contributed by atoms with E-state index >= 15 is 0 Å². The fourth-order valence-corrected chi connectivity index (χ4v) is 1.24.